The first-order valence-electron chi connectivity index (χ1n) is 8.37. The molecular weight excluding hydrogens is 422 g/mol. The second-order valence-electron chi connectivity index (χ2n) is 6.15. The lowest BCUT2D eigenvalue weighted by molar-refractivity contribution is -0.376. The number of hydrogen-bond donors (Lipinski definition) is 2. The van der Waals surface area contributed by atoms with Crippen LogP contribution in [0.3, 0.4) is 0 Å². The average molecular weight is 438 g/mol. The number of rotatable bonds is 8. The quantitative estimate of drug-likeness (QED) is 0.480. The molecule has 11 heteroatoms. The topological polar surface area (TPSA) is 76.0 Å². The first kappa shape index (κ1) is 23.3. The Labute approximate surface area is 166 Å². The van der Waals surface area contributed by atoms with Crippen molar-refractivity contribution in [3.63, 3.8) is 0 Å². The summed E-state index contributed by atoms with van der Waals surface area (Å²) >= 11 is 0. The highest BCUT2D eigenvalue weighted by atomic mass is 19.4. The van der Waals surface area contributed by atoms with Gasteiger partial charge in [0.15, 0.2) is 0 Å². The third-order valence-electron chi connectivity index (χ3n) is 3.95. The van der Waals surface area contributed by atoms with Crippen molar-refractivity contribution in [1.82, 2.24) is 0 Å². The molecule has 0 spiro atoms. The van der Waals surface area contributed by atoms with Crippen LogP contribution in [-0.4, -0.2) is 41.7 Å². The molecule has 0 aliphatic heterocycles. The van der Waals surface area contributed by atoms with Crippen LogP contribution in [-0.2, 0) is 16.8 Å². The zero-order chi connectivity index (χ0) is 22.6. The molecule has 0 amide bonds. The molecule has 0 atom stereocenters. The molecule has 2 N–H and O–H groups in total. The minimum Gasteiger partial charge on any atom is -0.490 e. The monoisotopic (exact) mass is 438 g/mol. The van der Waals surface area contributed by atoms with Crippen LogP contribution in [0.25, 0.3) is 0 Å². The van der Waals surface area contributed by atoms with Crippen LogP contribution in [0.15, 0.2) is 48.5 Å². The van der Waals surface area contributed by atoms with Crippen LogP contribution in [0.2, 0.25) is 0 Å². The van der Waals surface area contributed by atoms with E-state index in [9.17, 15) is 36.2 Å². The van der Waals surface area contributed by atoms with Crippen LogP contribution in [0.4, 0.5) is 26.3 Å². The number of aliphatic carboxylic acids is 1. The Hall–Kier alpha value is -2.95. The zero-order valence-corrected chi connectivity index (χ0v) is 15.1. The van der Waals surface area contributed by atoms with Crippen LogP contribution < -0.4 is 9.47 Å². The third-order valence-corrected chi connectivity index (χ3v) is 3.95. The van der Waals surface area contributed by atoms with Crippen molar-refractivity contribution >= 4 is 5.97 Å². The lowest BCUT2D eigenvalue weighted by atomic mass is 9.92. The molecule has 0 bridgehead atoms. The summed E-state index contributed by atoms with van der Waals surface area (Å²) in [5, 5.41) is 18.2. The normalized spacial score (nSPS) is 12.5. The molecule has 0 unspecified atom stereocenters. The summed E-state index contributed by atoms with van der Waals surface area (Å²) < 4.78 is 88.2. The molecule has 2 aromatic carbocycles. The number of halogens is 6. The van der Waals surface area contributed by atoms with E-state index in [2.05, 4.69) is 0 Å². The van der Waals surface area contributed by atoms with Crippen molar-refractivity contribution < 1.29 is 50.8 Å². The van der Waals surface area contributed by atoms with Crippen LogP contribution in [0, 0.1) is 0 Å². The van der Waals surface area contributed by atoms with E-state index in [4.69, 9.17) is 14.6 Å². The molecule has 0 aromatic heterocycles. The van der Waals surface area contributed by atoms with Gasteiger partial charge in [0, 0.05) is 5.56 Å². The summed E-state index contributed by atoms with van der Waals surface area (Å²) in [4.78, 5) is 10.7. The fourth-order valence-corrected chi connectivity index (χ4v) is 2.54. The summed E-state index contributed by atoms with van der Waals surface area (Å²) in [6, 6.07) is 9.12. The van der Waals surface area contributed by atoms with E-state index in [0.29, 0.717) is 23.4 Å². The van der Waals surface area contributed by atoms with Crippen molar-refractivity contribution in [3.05, 3.63) is 59.7 Å². The van der Waals surface area contributed by atoms with Crippen LogP contribution in [0.5, 0.6) is 11.5 Å². The minimum atomic E-state index is -5.99. The highest BCUT2D eigenvalue weighted by Gasteiger charge is 2.71. The number of carboxylic acid groups (broad SMARTS) is 1. The van der Waals surface area contributed by atoms with Gasteiger partial charge < -0.3 is 19.7 Å². The van der Waals surface area contributed by atoms with E-state index < -0.39 is 29.5 Å². The Balaban J connectivity index is 2.04. The summed E-state index contributed by atoms with van der Waals surface area (Å²) in [5.41, 5.74) is -5.99. The number of benzene rings is 2. The molecule has 0 aliphatic carbocycles. The molecule has 164 valence electrons. The zero-order valence-electron chi connectivity index (χ0n) is 15.1. The van der Waals surface area contributed by atoms with Gasteiger partial charge in [-0.1, -0.05) is 24.3 Å². The van der Waals surface area contributed by atoms with Gasteiger partial charge in [-0.2, -0.15) is 26.3 Å². The second-order valence-corrected chi connectivity index (χ2v) is 6.15. The van der Waals surface area contributed by atoms with E-state index in [-0.39, 0.29) is 25.4 Å². The lowest BCUT2D eigenvalue weighted by Gasteiger charge is -2.32. The van der Waals surface area contributed by atoms with E-state index in [1.165, 1.54) is 6.07 Å². The Bertz CT molecular complexity index is 864. The number of hydrogen-bond acceptors (Lipinski definition) is 4. The van der Waals surface area contributed by atoms with Gasteiger partial charge in [-0.15, -0.1) is 0 Å². The molecule has 0 radical (unpaired) electrons. The Morgan fingerprint density at radius 1 is 0.833 bits per heavy atom. The Kier molecular flexibility index (Phi) is 6.86. The standard InChI is InChI=1S/C19H16F6O5/c20-18(21,22)17(28,19(23,24)25)13-4-2-6-15(11-13)30-8-7-29-14-5-1-3-12(9-14)10-16(26)27/h1-6,9,11,28H,7-8,10H2,(H,26,27). The van der Waals surface area contributed by atoms with E-state index >= 15 is 0 Å². The van der Waals surface area contributed by atoms with Gasteiger partial charge in [-0.25, -0.2) is 0 Å². The van der Waals surface area contributed by atoms with Crippen molar-refractivity contribution in [2.75, 3.05) is 13.2 Å². The van der Waals surface area contributed by atoms with E-state index in [1.54, 1.807) is 18.2 Å². The third kappa shape index (κ3) is 5.35. The second kappa shape index (κ2) is 8.82. The van der Waals surface area contributed by atoms with E-state index in [0.717, 1.165) is 12.1 Å². The number of carboxylic acids is 1. The molecule has 30 heavy (non-hydrogen) atoms. The SMILES string of the molecule is O=C(O)Cc1cccc(OCCOc2cccc(C(O)(C(F)(F)F)C(F)(F)F)c2)c1. The lowest BCUT2D eigenvalue weighted by Crippen LogP contribution is -2.53. The fraction of sp³-hybridized carbons (Fsp3) is 0.316. The average Bonchev–Trinajstić information content (AvgIpc) is 2.63. The number of carbonyl (C=O) groups is 1. The van der Waals surface area contributed by atoms with Crippen molar-refractivity contribution in [1.29, 1.82) is 0 Å². The van der Waals surface area contributed by atoms with Crippen molar-refractivity contribution in [2.45, 2.75) is 24.4 Å². The largest absolute Gasteiger partial charge is 0.490 e. The highest BCUT2D eigenvalue weighted by Crippen LogP contribution is 2.50. The first-order chi connectivity index (χ1) is 13.8. The summed E-state index contributed by atoms with van der Waals surface area (Å²) in [6.07, 6.45) is -12.2. The Morgan fingerprint density at radius 3 is 1.83 bits per heavy atom. The van der Waals surface area contributed by atoms with E-state index in [1.807, 2.05) is 0 Å². The molecule has 0 fully saturated rings. The fourth-order valence-electron chi connectivity index (χ4n) is 2.54. The van der Waals surface area contributed by atoms with Gasteiger partial charge >= 0.3 is 18.3 Å². The predicted octanol–water partition coefficient (Wildman–Crippen LogP) is 4.08. The van der Waals surface area contributed by atoms with Crippen LogP contribution in [0.1, 0.15) is 11.1 Å². The molecular formula is C19H16F6O5. The first-order valence-corrected chi connectivity index (χ1v) is 8.37. The van der Waals surface area contributed by atoms with Gasteiger partial charge in [0.2, 0.25) is 0 Å². The molecule has 0 heterocycles. The maximum absolute atomic E-state index is 13.0. The highest BCUT2D eigenvalue weighted by molar-refractivity contribution is 5.70. The molecule has 0 saturated heterocycles. The van der Waals surface area contributed by atoms with Gasteiger partial charge in [-0.05, 0) is 29.8 Å². The van der Waals surface area contributed by atoms with Gasteiger partial charge in [-0.3, -0.25) is 4.79 Å². The number of alkyl halides is 6. The minimum absolute atomic E-state index is 0.121. The maximum atomic E-state index is 13.0. The maximum Gasteiger partial charge on any atom is 0.430 e. The summed E-state index contributed by atoms with van der Waals surface area (Å²) in [6.45, 7) is -0.355. The Morgan fingerprint density at radius 2 is 1.33 bits per heavy atom. The number of ether oxygens (including phenoxy) is 2. The van der Waals surface area contributed by atoms with Crippen molar-refractivity contribution in [3.8, 4) is 11.5 Å². The van der Waals surface area contributed by atoms with Crippen LogP contribution >= 0.6 is 0 Å². The van der Waals surface area contributed by atoms with Gasteiger partial charge in [0.25, 0.3) is 5.60 Å². The van der Waals surface area contributed by atoms with Crippen molar-refractivity contribution in [2.24, 2.45) is 0 Å². The molecule has 0 aliphatic rings. The summed E-state index contributed by atoms with van der Waals surface area (Å²) in [7, 11) is 0. The number of aliphatic hydroxyl groups is 1. The molecule has 2 aromatic rings. The molecule has 5 nitrogen and oxygen atoms in total. The molecule has 0 saturated carbocycles. The smallest absolute Gasteiger partial charge is 0.430 e. The summed E-state index contributed by atoms with van der Waals surface area (Å²) in [5.74, 6) is -1.05. The molecule has 2 rings (SSSR count). The van der Waals surface area contributed by atoms with Gasteiger partial charge in [0.1, 0.15) is 24.7 Å². The van der Waals surface area contributed by atoms with Gasteiger partial charge in [0.05, 0.1) is 6.42 Å². The predicted molar refractivity (Wildman–Crippen MR) is 91.2 cm³/mol.